The molecule has 29 heavy (non-hydrogen) atoms. The molecule has 3 aromatic carbocycles. The third-order valence-electron chi connectivity index (χ3n) is 4.74. The van der Waals surface area contributed by atoms with Crippen molar-refractivity contribution in [3.05, 3.63) is 90.0 Å². The van der Waals surface area contributed by atoms with Crippen LogP contribution in [0.3, 0.4) is 0 Å². The number of para-hydroxylation sites is 3. The van der Waals surface area contributed by atoms with Crippen molar-refractivity contribution < 1.29 is 19.0 Å². The summed E-state index contributed by atoms with van der Waals surface area (Å²) in [7, 11) is 1.78. The highest BCUT2D eigenvalue weighted by Crippen LogP contribution is 2.31. The predicted octanol–water partition coefficient (Wildman–Crippen LogP) is 4.18. The molecule has 1 heterocycles. The van der Waals surface area contributed by atoms with Crippen LogP contribution in [0.1, 0.15) is 15.9 Å². The van der Waals surface area contributed by atoms with Crippen LogP contribution in [-0.2, 0) is 6.61 Å². The fourth-order valence-corrected chi connectivity index (χ4v) is 3.19. The molecule has 148 valence electrons. The van der Waals surface area contributed by atoms with Gasteiger partial charge in [0.25, 0.3) is 5.91 Å². The minimum absolute atomic E-state index is 0.0528. The van der Waals surface area contributed by atoms with Gasteiger partial charge in [-0.2, -0.15) is 0 Å². The first kappa shape index (κ1) is 18.9. The van der Waals surface area contributed by atoms with Crippen LogP contribution in [0.5, 0.6) is 17.2 Å². The molecule has 0 fully saturated rings. The van der Waals surface area contributed by atoms with E-state index >= 15 is 0 Å². The maximum atomic E-state index is 12.8. The van der Waals surface area contributed by atoms with Gasteiger partial charge in [0.05, 0.1) is 6.54 Å². The van der Waals surface area contributed by atoms with E-state index in [9.17, 15) is 4.79 Å². The summed E-state index contributed by atoms with van der Waals surface area (Å²) >= 11 is 0. The molecule has 0 bridgehead atoms. The zero-order chi connectivity index (χ0) is 20.1. The molecule has 4 rings (SSSR count). The third kappa shape index (κ3) is 4.69. The standard InChI is InChI=1S/C24H23NO4/c1-25(15-21-17-28-22-9-5-6-10-23(22)29-21)24(26)19-13-11-18(12-14-19)16-27-20-7-3-2-4-8-20/h2-14,21H,15-17H2,1H3. The molecule has 0 N–H and O–H groups in total. The molecule has 0 radical (unpaired) electrons. The Morgan fingerprint density at radius 2 is 1.66 bits per heavy atom. The first-order valence-electron chi connectivity index (χ1n) is 9.60. The molecule has 0 saturated carbocycles. The van der Waals surface area contributed by atoms with Crippen molar-refractivity contribution in [3.8, 4) is 17.2 Å². The van der Waals surface area contributed by atoms with E-state index in [0.29, 0.717) is 31.1 Å². The molecule has 1 atom stereocenters. The van der Waals surface area contributed by atoms with Crippen LogP contribution < -0.4 is 14.2 Å². The number of fused-ring (bicyclic) bond motifs is 1. The smallest absolute Gasteiger partial charge is 0.253 e. The molecule has 1 aliphatic heterocycles. The Labute approximate surface area is 170 Å². The Morgan fingerprint density at radius 1 is 0.966 bits per heavy atom. The Hall–Kier alpha value is -3.47. The second kappa shape index (κ2) is 8.69. The molecule has 0 aliphatic carbocycles. The largest absolute Gasteiger partial charge is 0.489 e. The second-order valence-electron chi connectivity index (χ2n) is 6.98. The van der Waals surface area contributed by atoms with Gasteiger partial charge in [0.15, 0.2) is 17.6 Å². The lowest BCUT2D eigenvalue weighted by atomic mass is 10.1. The maximum Gasteiger partial charge on any atom is 0.253 e. The van der Waals surface area contributed by atoms with E-state index in [1.165, 1.54) is 0 Å². The number of nitrogens with zero attached hydrogens (tertiary/aromatic N) is 1. The number of ether oxygens (including phenoxy) is 3. The van der Waals surface area contributed by atoms with Crippen LogP contribution in [-0.4, -0.2) is 37.1 Å². The Morgan fingerprint density at radius 3 is 2.41 bits per heavy atom. The number of rotatable bonds is 6. The molecular formula is C24H23NO4. The van der Waals surface area contributed by atoms with Gasteiger partial charge >= 0.3 is 0 Å². The van der Waals surface area contributed by atoms with Crippen molar-refractivity contribution >= 4 is 5.91 Å². The molecule has 5 nitrogen and oxygen atoms in total. The number of benzene rings is 3. The summed E-state index contributed by atoms with van der Waals surface area (Å²) in [6.07, 6.45) is -0.197. The van der Waals surface area contributed by atoms with E-state index < -0.39 is 0 Å². The highest BCUT2D eigenvalue weighted by atomic mass is 16.6. The Bertz CT molecular complexity index is 956. The van der Waals surface area contributed by atoms with E-state index in [0.717, 1.165) is 17.1 Å². The molecule has 1 unspecified atom stereocenters. The lowest BCUT2D eigenvalue weighted by Crippen LogP contribution is -2.41. The van der Waals surface area contributed by atoms with Gasteiger partial charge in [-0.3, -0.25) is 4.79 Å². The quantitative estimate of drug-likeness (QED) is 0.635. The summed E-state index contributed by atoms with van der Waals surface area (Å²) in [6, 6.07) is 24.7. The Kier molecular flexibility index (Phi) is 5.66. The molecule has 0 saturated heterocycles. The fourth-order valence-electron chi connectivity index (χ4n) is 3.19. The van der Waals surface area contributed by atoms with Crippen LogP contribution >= 0.6 is 0 Å². The van der Waals surface area contributed by atoms with E-state index in [4.69, 9.17) is 14.2 Å². The molecule has 0 spiro atoms. The van der Waals surface area contributed by atoms with Gasteiger partial charge < -0.3 is 19.1 Å². The lowest BCUT2D eigenvalue weighted by Gasteiger charge is -2.29. The van der Waals surface area contributed by atoms with Gasteiger partial charge in [-0.05, 0) is 42.0 Å². The summed E-state index contributed by atoms with van der Waals surface area (Å²) in [4.78, 5) is 14.4. The van der Waals surface area contributed by atoms with Crippen molar-refractivity contribution in [1.82, 2.24) is 4.90 Å². The van der Waals surface area contributed by atoms with Gasteiger partial charge in [-0.25, -0.2) is 0 Å². The van der Waals surface area contributed by atoms with Crippen LogP contribution in [0.25, 0.3) is 0 Å². The average molecular weight is 389 g/mol. The number of hydrogen-bond donors (Lipinski definition) is 0. The van der Waals surface area contributed by atoms with Crippen molar-refractivity contribution in [1.29, 1.82) is 0 Å². The number of carbonyl (C=O) groups is 1. The van der Waals surface area contributed by atoms with Gasteiger partial charge in [0.2, 0.25) is 0 Å². The summed E-state index contributed by atoms with van der Waals surface area (Å²) in [5, 5.41) is 0. The molecule has 1 aliphatic rings. The number of hydrogen-bond acceptors (Lipinski definition) is 4. The van der Waals surface area contributed by atoms with Crippen molar-refractivity contribution in [3.63, 3.8) is 0 Å². The number of carbonyl (C=O) groups excluding carboxylic acids is 1. The third-order valence-corrected chi connectivity index (χ3v) is 4.74. The highest BCUT2D eigenvalue weighted by molar-refractivity contribution is 5.94. The average Bonchev–Trinajstić information content (AvgIpc) is 2.78. The molecule has 0 aromatic heterocycles. The van der Waals surface area contributed by atoms with Crippen molar-refractivity contribution in [2.24, 2.45) is 0 Å². The minimum atomic E-state index is -0.197. The maximum absolute atomic E-state index is 12.8. The predicted molar refractivity (Wildman–Crippen MR) is 111 cm³/mol. The van der Waals surface area contributed by atoms with Gasteiger partial charge in [0.1, 0.15) is 19.0 Å². The van der Waals surface area contributed by atoms with Crippen molar-refractivity contribution in [2.45, 2.75) is 12.7 Å². The van der Waals surface area contributed by atoms with Gasteiger partial charge in [0, 0.05) is 12.6 Å². The lowest BCUT2D eigenvalue weighted by molar-refractivity contribution is 0.0521. The van der Waals surface area contributed by atoms with E-state index in [-0.39, 0.29) is 12.0 Å². The van der Waals surface area contributed by atoms with E-state index in [1.54, 1.807) is 11.9 Å². The van der Waals surface area contributed by atoms with Crippen LogP contribution in [0.15, 0.2) is 78.9 Å². The Balaban J connectivity index is 1.32. The molecule has 1 amide bonds. The minimum Gasteiger partial charge on any atom is -0.489 e. The highest BCUT2D eigenvalue weighted by Gasteiger charge is 2.24. The number of amides is 1. The monoisotopic (exact) mass is 389 g/mol. The van der Waals surface area contributed by atoms with Gasteiger partial charge in [-0.1, -0.05) is 42.5 Å². The summed E-state index contributed by atoms with van der Waals surface area (Å²) in [6.45, 7) is 1.33. The topological polar surface area (TPSA) is 48.0 Å². The van der Waals surface area contributed by atoms with E-state index in [1.807, 2.05) is 78.9 Å². The molecule has 5 heteroatoms. The number of likely N-dealkylation sites (N-methyl/N-ethyl adjacent to an activating group) is 1. The normalized spacial score (nSPS) is 14.9. The molecular weight excluding hydrogens is 366 g/mol. The summed E-state index contributed by atoms with van der Waals surface area (Å²) < 4.78 is 17.4. The zero-order valence-corrected chi connectivity index (χ0v) is 16.3. The van der Waals surface area contributed by atoms with Crippen LogP contribution in [0, 0.1) is 0 Å². The van der Waals surface area contributed by atoms with Crippen molar-refractivity contribution in [2.75, 3.05) is 20.2 Å². The summed E-state index contributed by atoms with van der Waals surface area (Å²) in [5.41, 5.74) is 1.64. The van der Waals surface area contributed by atoms with Crippen LogP contribution in [0.4, 0.5) is 0 Å². The zero-order valence-electron chi connectivity index (χ0n) is 16.3. The summed E-state index contributed by atoms with van der Waals surface area (Å²) in [5.74, 6) is 2.23. The molecule has 3 aromatic rings. The first-order valence-corrected chi connectivity index (χ1v) is 9.60. The van der Waals surface area contributed by atoms with Gasteiger partial charge in [-0.15, -0.1) is 0 Å². The fraction of sp³-hybridized carbons (Fsp3) is 0.208. The second-order valence-corrected chi connectivity index (χ2v) is 6.98. The SMILES string of the molecule is CN(CC1COc2ccccc2O1)C(=O)c1ccc(COc2ccccc2)cc1. The van der Waals surface area contributed by atoms with Crippen LogP contribution in [0.2, 0.25) is 0 Å². The first-order chi connectivity index (χ1) is 14.2. The van der Waals surface area contributed by atoms with E-state index in [2.05, 4.69) is 0 Å².